The molecule has 0 aromatic rings. The molecule has 11 nitrogen and oxygen atoms in total. The van der Waals surface area contributed by atoms with Crippen LogP contribution < -0.4 is 5.73 Å². The number of hydrogen-bond donors (Lipinski definition) is 3. The number of carbonyl (C=O) groups is 3. The van der Waals surface area contributed by atoms with Gasteiger partial charge in [0.1, 0.15) is 12.6 Å². The minimum atomic E-state index is -4.71. The molecule has 0 aliphatic carbocycles. The van der Waals surface area contributed by atoms with Gasteiger partial charge in [0.25, 0.3) is 0 Å². The fourth-order valence-electron chi connectivity index (χ4n) is 5.53. The van der Waals surface area contributed by atoms with E-state index in [-0.39, 0.29) is 19.4 Å². The lowest BCUT2D eigenvalue weighted by molar-refractivity contribution is -0.161. The third kappa shape index (κ3) is 35.0. The van der Waals surface area contributed by atoms with E-state index in [1.165, 1.54) is 89.9 Å². The molecule has 0 saturated heterocycles. The molecule has 12 heteroatoms. The molecule has 0 aromatic heterocycles. The van der Waals surface area contributed by atoms with Crippen LogP contribution in [0.3, 0.4) is 0 Å². The monoisotopic (exact) mass is 748 g/mol. The van der Waals surface area contributed by atoms with Crippen molar-refractivity contribution in [1.82, 2.24) is 0 Å². The molecule has 51 heavy (non-hydrogen) atoms. The topological polar surface area (TPSA) is 172 Å². The van der Waals surface area contributed by atoms with Crippen molar-refractivity contribution in [3.05, 3.63) is 12.2 Å². The number of ether oxygens (including phenoxy) is 2. The first-order chi connectivity index (χ1) is 24.6. The molecule has 0 aliphatic rings. The van der Waals surface area contributed by atoms with E-state index in [0.717, 1.165) is 57.8 Å². The number of allylic oxidation sites excluding steroid dienone is 2. The summed E-state index contributed by atoms with van der Waals surface area (Å²) in [4.78, 5) is 45.8. The molecule has 0 amide bonds. The van der Waals surface area contributed by atoms with Crippen molar-refractivity contribution in [2.24, 2.45) is 5.73 Å². The fourth-order valence-corrected chi connectivity index (χ4v) is 6.31. The molecule has 0 bridgehead atoms. The second-order valence-corrected chi connectivity index (χ2v) is 15.2. The molecule has 3 atom stereocenters. The van der Waals surface area contributed by atoms with E-state index in [1.54, 1.807) is 0 Å². The van der Waals surface area contributed by atoms with Gasteiger partial charge < -0.3 is 25.2 Å². The Labute approximate surface area is 309 Å². The van der Waals surface area contributed by atoms with Gasteiger partial charge >= 0.3 is 25.7 Å². The van der Waals surface area contributed by atoms with Gasteiger partial charge in [0.15, 0.2) is 6.10 Å². The van der Waals surface area contributed by atoms with Crippen molar-refractivity contribution in [1.29, 1.82) is 0 Å². The maximum atomic E-state index is 12.6. The molecule has 0 saturated carbocycles. The highest BCUT2D eigenvalue weighted by Crippen LogP contribution is 2.43. The van der Waals surface area contributed by atoms with Crippen molar-refractivity contribution in [2.45, 2.75) is 199 Å². The Kier molecular flexibility index (Phi) is 34.0. The van der Waals surface area contributed by atoms with E-state index in [4.69, 9.17) is 24.8 Å². The summed E-state index contributed by atoms with van der Waals surface area (Å²) in [6.07, 6.45) is 32.7. The maximum Gasteiger partial charge on any atom is 0.472 e. The van der Waals surface area contributed by atoms with Gasteiger partial charge in [-0.1, -0.05) is 148 Å². The Morgan fingerprint density at radius 1 is 0.588 bits per heavy atom. The summed E-state index contributed by atoms with van der Waals surface area (Å²) in [6, 6.07) is -1.52. The number of phosphoric acid groups is 1. The lowest BCUT2D eigenvalue weighted by Gasteiger charge is -2.20. The quantitative estimate of drug-likeness (QED) is 0.0237. The number of rotatable bonds is 38. The number of carboxylic acids is 1. The van der Waals surface area contributed by atoms with Crippen LogP contribution in [-0.4, -0.2) is 59.9 Å². The molecule has 0 spiro atoms. The summed E-state index contributed by atoms with van der Waals surface area (Å²) in [6.45, 7) is 2.78. The van der Waals surface area contributed by atoms with Crippen LogP contribution in [0.5, 0.6) is 0 Å². The number of unbranched alkanes of at least 4 members (excludes halogenated alkanes) is 22. The smallest absolute Gasteiger partial charge is 0.472 e. The van der Waals surface area contributed by atoms with Gasteiger partial charge in [0.2, 0.25) is 0 Å². The van der Waals surface area contributed by atoms with E-state index >= 15 is 0 Å². The Balaban J connectivity index is 4.40. The molecule has 0 rings (SSSR count). The van der Waals surface area contributed by atoms with Crippen LogP contribution in [0.25, 0.3) is 0 Å². The molecular formula is C39H74NO10P. The Morgan fingerprint density at radius 3 is 1.45 bits per heavy atom. The highest BCUT2D eigenvalue weighted by atomic mass is 31.2. The van der Waals surface area contributed by atoms with Gasteiger partial charge in [0.05, 0.1) is 13.2 Å². The van der Waals surface area contributed by atoms with Crippen LogP contribution in [0, 0.1) is 0 Å². The summed E-state index contributed by atoms with van der Waals surface area (Å²) >= 11 is 0. The largest absolute Gasteiger partial charge is 0.480 e. The predicted molar refractivity (Wildman–Crippen MR) is 203 cm³/mol. The molecule has 300 valence electrons. The molecule has 0 fully saturated rings. The van der Waals surface area contributed by atoms with E-state index in [0.29, 0.717) is 12.8 Å². The second kappa shape index (κ2) is 35.3. The summed E-state index contributed by atoms with van der Waals surface area (Å²) in [7, 11) is -4.71. The van der Waals surface area contributed by atoms with Gasteiger partial charge in [0, 0.05) is 12.8 Å². The predicted octanol–water partition coefficient (Wildman–Crippen LogP) is 10.1. The number of hydrogen-bond acceptors (Lipinski definition) is 9. The van der Waals surface area contributed by atoms with Gasteiger partial charge in [-0.2, -0.15) is 0 Å². The molecular weight excluding hydrogens is 673 g/mol. The first kappa shape index (κ1) is 49.2. The van der Waals surface area contributed by atoms with Crippen molar-refractivity contribution in [2.75, 3.05) is 19.8 Å². The zero-order chi connectivity index (χ0) is 37.8. The van der Waals surface area contributed by atoms with Crippen LogP contribution in [0.15, 0.2) is 12.2 Å². The van der Waals surface area contributed by atoms with Crippen LogP contribution in [-0.2, 0) is 37.5 Å². The first-order valence-electron chi connectivity index (χ1n) is 20.2. The third-order valence-corrected chi connectivity index (χ3v) is 9.71. The lowest BCUT2D eigenvalue weighted by atomic mass is 10.0. The first-order valence-corrected chi connectivity index (χ1v) is 21.7. The van der Waals surface area contributed by atoms with E-state index in [1.807, 2.05) is 0 Å². The summed E-state index contributed by atoms with van der Waals surface area (Å²) in [5, 5.41) is 8.86. The summed E-state index contributed by atoms with van der Waals surface area (Å²) in [5.41, 5.74) is 5.32. The second-order valence-electron chi connectivity index (χ2n) is 13.8. The van der Waals surface area contributed by atoms with Crippen LogP contribution in [0.4, 0.5) is 0 Å². The van der Waals surface area contributed by atoms with Gasteiger partial charge in [-0.25, -0.2) is 4.57 Å². The van der Waals surface area contributed by atoms with Crippen molar-refractivity contribution >= 4 is 25.7 Å². The maximum absolute atomic E-state index is 12.6. The number of phosphoric ester groups is 1. The van der Waals surface area contributed by atoms with E-state index < -0.39 is 51.1 Å². The SMILES string of the molecule is CCCCCC/C=C\CCCCCCCC(=O)OC[C@H](COP(=O)(O)OC[C@H](N)C(=O)O)OC(=O)CCCCCCCCCCCCCCCC. The van der Waals surface area contributed by atoms with E-state index in [9.17, 15) is 23.8 Å². The van der Waals surface area contributed by atoms with Crippen molar-refractivity contribution in [3.63, 3.8) is 0 Å². The Morgan fingerprint density at radius 2 is 0.980 bits per heavy atom. The Hall–Kier alpha value is -1.78. The summed E-state index contributed by atoms with van der Waals surface area (Å²) < 4.78 is 32.6. The average Bonchev–Trinajstić information content (AvgIpc) is 3.10. The third-order valence-electron chi connectivity index (χ3n) is 8.76. The highest BCUT2D eigenvalue weighted by molar-refractivity contribution is 7.47. The van der Waals surface area contributed by atoms with Crippen LogP contribution >= 0.6 is 7.82 Å². The number of nitrogens with two attached hydrogens (primary N) is 1. The zero-order valence-corrected chi connectivity index (χ0v) is 33.1. The zero-order valence-electron chi connectivity index (χ0n) is 32.2. The standard InChI is InChI=1S/C39H74NO10P/c1-3-5-7-9-11-13-15-17-19-21-23-25-27-29-31-38(42)50-35(33-48-51(45,46)49-34-36(40)39(43)44)32-47-37(41)30-28-26-24-22-20-18-16-14-12-10-8-6-4-2/h14,16,35-36H,3-13,15,17-34,40H2,1-2H3,(H,43,44)(H,45,46)/b16-14-/t35-,36+/m1/s1. The van der Waals surface area contributed by atoms with E-state index in [2.05, 4.69) is 30.5 Å². The normalized spacial score (nSPS) is 14.0. The number of esters is 2. The van der Waals surface area contributed by atoms with Crippen LogP contribution in [0.1, 0.15) is 187 Å². The fraction of sp³-hybridized carbons (Fsp3) is 0.872. The van der Waals surface area contributed by atoms with Crippen LogP contribution in [0.2, 0.25) is 0 Å². The molecule has 0 aromatic carbocycles. The van der Waals surface area contributed by atoms with Gasteiger partial charge in [-0.3, -0.25) is 23.4 Å². The van der Waals surface area contributed by atoms with Crippen molar-refractivity contribution < 1.29 is 47.5 Å². The molecule has 0 aliphatic heterocycles. The number of carboxylic acid groups (broad SMARTS) is 1. The molecule has 1 unspecified atom stereocenters. The van der Waals surface area contributed by atoms with Gasteiger partial charge in [-0.05, 0) is 38.5 Å². The number of carbonyl (C=O) groups excluding carboxylic acids is 2. The lowest BCUT2D eigenvalue weighted by Crippen LogP contribution is -2.34. The Bertz CT molecular complexity index is 932. The average molecular weight is 748 g/mol. The number of aliphatic carboxylic acids is 1. The minimum absolute atomic E-state index is 0.165. The minimum Gasteiger partial charge on any atom is -0.480 e. The highest BCUT2D eigenvalue weighted by Gasteiger charge is 2.28. The molecule has 4 N–H and O–H groups in total. The van der Waals surface area contributed by atoms with Crippen molar-refractivity contribution in [3.8, 4) is 0 Å². The molecule has 0 heterocycles. The molecule has 0 radical (unpaired) electrons. The summed E-state index contributed by atoms with van der Waals surface area (Å²) in [5.74, 6) is -2.38. The van der Waals surface area contributed by atoms with Gasteiger partial charge in [-0.15, -0.1) is 0 Å².